The summed E-state index contributed by atoms with van der Waals surface area (Å²) in [6.45, 7) is 2.16. The summed E-state index contributed by atoms with van der Waals surface area (Å²) in [5.74, 6) is 0.880. The maximum atomic E-state index is 11.9. The van der Waals surface area contributed by atoms with Crippen LogP contribution in [-0.4, -0.2) is 36.5 Å². The number of likely N-dealkylation sites (N-methyl/N-ethyl adjacent to an activating group) is 1. The maximum absolute atomic E-state index is 11.9. The Morgan fingerprint density at radius 3 is 3.25 bits per heavy atom. The second kappa shape index (κ2) is 3.57. The van der Waals surface area contributed by atoms with Crippen LogP contribution in [0.1, 0.15) is 11.3 Å². The molecule has 0 bridgehead atoms. The predicted molar refractivity (Wildman–Crippen MR) is 64.5 cm³/mol. The quantitative estimate of drug-likeness (QED) is 0.852. The molecule has 3 rings (SSSR count). The average Bonchev–Trinajstić information content (AvgIpc) is 2.64. The highest BCUT2D eigenvalue weighted by Gasteiger charge is 2.59. The third-order valence-electron chi connectivity index (χ3n) is 3.62. The molecular formula is C12H16N2OS. The zero-order chi connectivity index (χ0) is 11.2. The van der Waals surface area contributed by atoms with E-state index in [9.17, 15) is 4.79 Å². The van der Waals surface area contributed by atoms with Gasteiger partial charge in [0.05, 0.1) is 12.0 Å². The van der Waals surface area contributed by atoms with Crippen LogP contribution in [0, 0.1) is 5.92 Å². The highest BCUT2D eigenvalue weighted by Crippen LogP contribution is 2.48. The summed E-state index contributed by atoms with van der Waals surface area (Å²) < 4.78 is 0. The molecule has 0 aromatic carbocycles. The molecule has 1 aromatic rings. The average molecular weight is 236 g/mol. The summed E-state index contributed by atoms with van der Waals surface area (Å²) in [5.41, 5.74) is 0.128. The first-order valence-electron chi connectivity index (χ1n) is 5.70. The molecule has 1 saturated heterocycles. The van der Waals surface area contributed by atoms with Crippen molar-refractivity contribution in [2.45, 2.75) is 18.4 Å². The number of fused-ring (bicyclic) bond motifs is 1. The number of nitrogens with one attached hydrogen (secondary N) is 1. The molecule has 1 amide bonds. The highest BCUT2D eigenvalue weighted by atomic mass is 32.1. The summed E-state index contributed by atoms with van der Waals surface area (Å²) in [7, 11) is 2.12. The van der Waals surface area contributed by atoms with Crippen LogP contribution in [0.5, 0.6) is 0 Å². The third kappa shape index (κ3) is 1.76. The molecule has 1 aromatic heterocycles. The Bertz CT molecular complexity index is 403. The summed E-state index contributed by atoms with van der Waals surface area (Å²) in [4.78, 5) is 15.3. The lowest BCUT2D eigenvalue weighted by molar-refractivity contribution is -0.121. The zero-order valence-electron chi connectivity index (χ0n) is 9.40. The first-order chi connectivity index (χ1) is 7.68. The predicted octanol–water partition coefficient (Wildman–Crippen LogP) is 1.11. The first kappa shape index (κ1) is 10.3. The molecule has 2 aliphatic rings. The normalized spacial score (nSPS) is 32.4. The fourth-order valence-electron chi connectivity index (χ4n) is 2.82. The molecule has 2 heterocycles. The van der Waals surface area contributed by atoms with E-state index in [0.717, 1.165) is 18.0 Å². The Balaban J connectivity index is 1.58. The number of carbonyl (C=O) groups is 1. The van der Waals surface area contributed by atoms with Gasteiger partial charge in [0, 0.05) is 18.0 Å². The van der Waals surface area contributed by atoms with Crippen molar-refractivity contribution in [2.75, 3.05) is 20.1 Å². The van der Waals surface area contributed by atoms with Crippen molar-refractivity contribution >= 4 is 17.2 Å². The number of thiophene rings is 1. The van der Waals surface area contributed by atoms with Crippen molar-refractivity contribution in [3.05, 3.63) is 22.4 Å². The van der Waals surface area contributed by atoms with Crippen molar-refractivity contribution in [2.24, 2.45) is 5.92 Å². The van der Waals surface area contributed by atoms with Crippen LogP contribution in [0.15, 0.2) is 17.5 Å². The largest absolute Gasteiger partial charge is 0.349 e. The number of amides is 1. The molecule has 16 heavy (non-hydrogen) atoms. The Morgan fingerprint density at radius 1 is 1.75 bits per heavy atom. The van der Waals surface area contributed by atoms with Gasteiger partial charge >= 0.3 is 0 Å². The number of likely N-dealkylation sites (tertiary alicyclic amines) is 1. The van der Waals surface area contributed by atoms with Gasteiger partial charge in [-0.2, -0.15) is 0 Å². The van der Waals surface area contributed by atoms with E-state index in [2.05, 4.69) is 17.3 Å². The summed E-state index contributed by atoms with van der Waals surface area (Å²) in [5, 5.41) is 5.24. The van der Waals surface area contributed by atoms with Gasteiger partial charge in [0.2, 0.25) is 5.91 Å². The molecule has 3 nitrogen and oxygen atoms in total. The van der Waals surface area contributed by atoms with E-state index in [0.29, 0.717) is 12.3 Å². The van der Waals surface area contributed by atoms with Crippen LogP contribution < -0.4 is 5.32 Å². The van der Waals surface area contributed by atoms with Gasteiger partial charge in [-0.05, 0) is 30.8 Å². The molecule has 4 heteroatoms. The Kier molecular flexibility index (Phi) is 2.30. The van der Waals surface area contributed by atoms with Crippen molar-refractivity contribution in [1.29, 1.82) is 0 Å². The molecule has 1 unspecified atom stereocenters. The fraction of sp³-hybridized carbons (Fsp3) is 0.583. The van der Waals surface area contributed by atoms with E-state index < -0.39 is 0 Å². The number of carbonyl (C=O) groups excluding carboxylic acids is 1. The minimum absolute atomic E-state index is 0.128. The van der Waals surface area contributed by atoms with Gasteiger partial charge in [0.25, 0.3) is 0 Å². The van der Waals surface area contributed by atoms with Crippen LogP contribution in [0.3, 0.4) is 0 Å². The van der Waals surface area contributed by atoms with Crippen molar-refractivity contribution < 1.29 is 4.79 Å². The number of hydrogen-bond donors (Lipinski definition) is 1. The molecule has 2 fully saturated rings. The van der Waals surface area contributed by atoms with E-state index in [1.54, 1.807) is 11.3 Å². The van der Waals surface area contributed by atoms with Crippen LogP contribution in [0.25, 0.3) is 0 Å². The van der Waals surface area contributed by atoms with Crippen LogP contribution >= 0.6 is 11.3 Å². The van der Waals surface area contributed by atoms with Gasteiger partial charge in [0.1, 0.15) is 0 Å². The van der Waals surface area contributed by atoms with Gasteiger partial charge in [-0.3, -0.25) is 4.79 Å². The lowest BCUT2D eigenvalue weighted by Crippen LogP contribution is -2.42. The van der Waals surface area contributed by atoms with E-state index >= 15 is 0 Å². The zero-order valence-corrected chi connectivity index (χ0v) is 10.2. The van der Waals surface area contributed by atoms with E-state index in [-0.39, 0.29) is 11.4 Å². The SMILES string of the molecule is CN1CC2C[C@]2(NC(=O)Cc2cccs2)C1. The van der Waals surface area contributed by atoms with E-state index in [4.69, 9.17) is 0 Å². The second-order valence-electron chi connectivity index (χ2n) is 5.06. The monoisotopic (exact) mass is 236 g/mol. The lowest BCUT2D eigenvalue weighted by atomic mass is 10.2. The third-order valence-corrected chi connectivity index (χ3v) is 4.50. The number of rotatable bonds is 3. The molecule has 86 valence electrons. The number of piperidine rings is 1. The summed E-state index contributed by atoms with van der Waals surface area (Å²) in [6, 6.07) is 4.02. The maximum Gasteiger partial charge on any atom is 0.225 e. The van der Waals surface area contributed by atoms with Crippen molar-refractivity contribution in [1.82, 2.24) is 10.2 Å². The van der Waals surface area contributed by atoms with Crippen LogP contribution in [0.4, 0.5) is 0 Å². The van der Waals surface area contributed by atoms with Gasteiger partial charge in [0.15, 0.2) is 0 Å². The molecular weight excluding hydrogens is 220 g/mol. The highest BCUT2D eigenvalue weighted by molar-refractivity contribution is 7.10. The topological polar surface area (TPSA) is 32.3 Å². The van der Waals surface area contributed by atoms with Gasteiger partial charge in [-0.15, -0.1) is 11.3 Å². The molecule has 0 spiro atoms. The lowest BCUT2D eigenvalue weighted by Gasteiger charge is -2.17. The number of hydrogen-bond acceptors (Lipinski definition) is 3. The standard InChI is InChI=1S/C12H16N2OS/c1-14-7-9-6-12(9,8-14)13-11(15)5-10-3-2-4-16-10/h2-4,9H,5-8H2,1H3,(H,13,15)/t9?,12-/m0/s1. The Labute approximate surface area is 99.5 Å². The van der Waals surface area contributed by atoms with Gasteiger partial charge in [-0.25, -0.2) is 0 Å². The fourth-order valence-corrected chi connectivity index (χ4v) is 3.53. The molecule has 1 saturated carbocycles. The van der Waals surface area contributed by atoms with E-state index in [1.807, 2.05) is 17.5 Å². The molecule has 1 N–H and O–H groups in total. The van der Waals surface area contributed by atoms with E-state index in [1.165, 1.54) is 6.42 Å². The Morgan fingerprint density at radius 2 is 2.62 bits per heavy atom. The minimum atomic E-state index is 0.128. The van der Waals surface area contributed by atoms with Crippen molar-refractivity contribution in [3.63, 3.8) is 0 Å². The second-order valence-corrected chi connectivity index (χ2v) is 6.09. The smallest absolute Gasteiger partial charge is 0.225 e. The van der Waals surface area contributed by atoms with Crippen LogP contribution in [-0.2, 0) is 11.2 Å². The molecule has 2 atom stereocenters. The summed E-state index contributed by atoms with van der Waals surface area (Å²) >= 11 is 1.65. The Hall–Kier alpha value is -0.870. The molecule has 0 radical (unpaired) electrons. The molecule has 1 aliphatic carbocycles. The number of nitrogens with zero attached hydrogens (tertiary/aromatic N) is 1. The van der Waals surface area contributed by atoms with Crippen LogP contribution in [0.2, 0.25) is 0 Å². The first-order valence-corrected chi connectivity index (χ1v) is 6.58. The minimum Gasteiger partial charge on any atom is -0.349 e. The van der Waals surface area contributed by atoms with Crippen molar-refractivity contribution in [3.8, 4) is 0 Å². The van der Waals surface area contributed by atoms with Gasteiger partial charge < -0.3 is 10.2 Å². The molecule has 1 aliphatic heterocycles. The van der Waals surface area contributed by atoms with Gasteiger partial charge in [-0.1, -0.05) is 6.07 Å². The summed E-state index contributed by atoms with van der Waals surface area (Å²) in [6.07, 6.45) is 1.71.